The van der Waals surface area contributed by atoms with Gasteiger partial charge >= 0.3 is 0 Å². The Morgan fingerprint density at radius 1 is 1.53 bits per heavy atom. The Morgan fingerprint density at radius 2 is 2.26 bits per heavy atom. The number of ketones is 1. The van der Waals surface area contributed by atoms with Gasteiger partial charge in [-0.15, -0.1) is 0 Å². The lowest BCUT2D eigenvalue weighted by Crippen LogP contribution is -2.03. The van der Waals surface area contributed by atoms with Crippen molar-refractivity contribution in [3.63, 3.8) is 0 Å². The second kappa shape index (κ2) is 5.67. The molecule has 0 atom stereocenters. The molecule has 6 heteroatoms. The third-order valence-electron chi connectivity index (χ3n) is 2.65. The lowest BCUT2D eigenvalue weighted by molar-refractivity contribution is 0.101. The van der Waals surface area contributed by atoms with E-state index in [9.17, 15) is 9.18 Å². The fourth-order valence-corrected chi connectivity index (χ4v) is 2.78. The van der Waals surface area contributed by atoms with E-state index in [4.69, 9.17) is 11.6 Å². The van der Waals surface area contributed by atoms with Crippen molar-refractivity contribution in [2.75, 3.05) is 5.32 Å². The molecule has 0 unspecified atom stereocenters. The van der Waals surface area contributed by atoms with Crippen LogP contribution in [-0.2, 0) is 6.54 Å². The van der Waals surface area contributed by atoms with Crippen LogP contribution in [0, 0.1) is 12.7 Å². The Hall–Kier alpha value is -1.46. The summed E-state index contributed by atoms with van der Waals surface area (Å²) in [6.45, 7) is 3.77. The maximum atomic E-state index is 13.0. The van der Waals surface area contributed by atoms with Crippen LogP contribution in [0.5, 0.6) is 0 Å². The second-order valence-electron chi connectivity index (χ2n) is 4.13. The van der Waals surface area contributed by atoms with Crippen LogP contribution < -0.4 is 5.32 Å². The molecule has 0 saturated carbocycles. The van der Waals surface area contributed by atoms with Crippen LogP contribution in [0.4, 0.5) is 9.39 Å². The van der Waals surface area contributed by atoms with Crippen LogP contribution in [-0.4, -0.2) is 10.2 Å². The minimum atomic E-state index is -0.441. The zero-order valence-corrected chi connectivity index (χ0v) is 12.0. The highest BCUT2D eigenvalue weighted by atomic mass is 35.5. The van der Waals surface area contributed by atoms with E-state index in [0.717, 1.165) is 16.3 Å². The van der Waals surface area contributed by atoms with Gasteiger partial charge in [-0.3, -0.25) is 4.79 Å². The predicted molar refractivity (Wildman–Crippen MR) is 75.6 cm³/mol. The molecule has 0 radical (unpaired) electrons. The predicted octanol–water partition coefficient (Wildman–Crippen LogP) is 4.06. The molecule has 0 amide bonds. The second-order valence-corrected chi connectivity index (χ2v) is 5.31. The normalized spacial score (nSPS) is 10.5. The number of rotatable bonds is 4. The number of nitrogens with zero attached hydrogens (tertiary/aromatic N) is 1. The first-order chi connectivity index (χ1) is 8.99. The molecule has 0 bridgehead atoms. The van der Waals surface area contributed by atoms with Crippen LogP contribution in [0.25, 0.3) is 0 Å². The third kappa shape index (κ3) is 3.11. The summed E-state index contributed by atoms with van der Waals surface area (Å²) in [5, 5.41) is 3.95. The van der Waals surface area contributed by atoms with E-state index >= 15 is 0 Å². The monoisotopic (exact) mass is 298 g/mol. The number of anilines is 1. The number of nitrogens with one attached hydrogen (secondary N) is 1. The van der Waals surface area contributed by atoms with E-state index in [0.29, 0.717) is 12.1 Å². The van der Waals surface area contributed by atoms with Gasteiger partial charge in [-0.1, -0.05) is 17.7 Å². The minimum Gasteiger partial charge on any atom is -0.371 e. The molecule has 0 aliphatic heterocycles. The molecule has 19 heavy (non-hydrogen) atoms. The van der Waals surface area contributed by atoms with Gasteiger partial charge in [0.25, 0.3) is 0 Å². The van der Waals surface area contributed by atoms with Crippen molar-refractivity contribution >= 4 is 33.9 Å². The number of Topliss-reactive ketones (excluding diaryl/α,β-unsaturated/α-hetero) is 1. The number of aromatic nitrogens is 1. The number of halogens is 2. The zero-order chi connectivity index (χ0) is 14.0. The SMILES string of the molecule is CC(=O)c1c(C)nsc1NCc1ccc(F)c(Cl)c1. The van der Waals surface area contributed by atoms with E-state index in [2.05, 4.69) is 9.69 Å². The molecular formula is C13H12ClFN2OS. The molecule has 0 aliphatic rings. The van der Waals surface area contributed by atoms with Crippen molar-refractivity contribution < 1.29 is 9.18 Å². The molecule has 1 aromatic carbocycles. The highest BCUT2D eigenvalue weighted by Gasteiger charge is 2.14. The molecule has 0 aliphatic carbocycles. The Morgan fingerprint density at radius 3 is 2.89 bits per heavy atom. The van der Waals surface area contributed by atoms with Crippen LogP contribution in [0.3, 0.4) is 0 Å². The average molecular weight is 299 g/mol. The summed E-state index contributed by atoms with van der Waals surface area (Å²) in [4.78, 5) is 11.5. The maximum Gasteiger partial charge on any atom is 0.164 e. The van der Waals surface area contributed by atoms with Gasteiger partial charge in [-0.05, 0) is 43.1 Å². The summed E-state index contributed by atoms with van der Waals surface area (Å²) >= 11 is 6.96. The van der Waals surface area contributed by atoms with Crippen molar-refractivity contribution in [3.8, 4) is 0 Å². The van der Waals surface area contributed by atoms with Gasteiger partial charge in [0.2, 0.25) is 0 Å². The van der Waals surface area contributed by atoms with Crippen LogP contribution in [0.15, 0.2) is 18.2 Å². The summed E-state index contributed by atoms with van der Waals surface area (Å²) < 4.78 is 17.2. The lowest BCUT2D eigenvalue weighted by atomic mass is 10.1. The Balaban J connectivity index is 2.14. The molecule has 1 aromatic heterocycles. The summed E-state index contributed by atoms with van der Waals surface area (Å²) in [6.07, 6.45) is 0. The largest absolute Gasteiger partial charge is 0.371 e. The number of hydrogen-bond donors (Lipinski definition) is 1. The summed E-state index contributed by atoms with van der Waals surface area (Å²) in [5.41, 5.74) is 2.17. The van der Waals surface area contributed by atoms with Gasteiger partial charge in [0.1, 0.15) is 10.8 Å². The molecule has 3 nitrogen and oxygen atoms in total. The van der Waals surface area contributed by atoms with Gasteiger partial charge < -0.3 is 5.32 Å². The van der Waals surface area contributed by atoms with Crippen LogP contribution in [0.1, 0.15) is 28.5 Å². The van der Waals surface area contributed by atoms with Gasteiger partial charge in [0.05, 0.1) is 16.3 Å². The van der Waals surface area contributed by atoms with E-state index in [1.807, 2.05) is 0 Å². The summed E-state index contributed by atoms with van der Waals surface area (Å²) in [7, 11) is 0. The van der Waals surface area contributed by atoms with Crippen molar-refractivity contribution in [2.45, 2.75) is 20.4 Å². The number of carbonyl (C=O) groups excluding carboxylic acids is 1. The topological polar surface area (TPSA) is 42.0 Å². The Bertz CT molecular complexity index is 627. The third-order valence-corrected chi connectivity index (χ3v) is 3.84. The molecule has 100 valence electrons. The molecule has 1 heterocycles. The molecule has 1 N–H and O–H groups in total. The van der Waals surface area contributed by atoms with Crippen LogP contribution in [0.2, 0.25) is 5.02 Å². The van der Waals surface area contributed by atoms with E-state index < -0.39 is 5.82 Å². The Labute approximate surface area is 119 Å². The number of hydrogen-bond acceptors (Lipinski definition) is 4. The average Bonchev–Trinajstić information content (AvgIpc) is 2.72. The highest BCUT2D eigenvalue weighted by molar-refractivity contribution is 7.10. The summed E-state index contributed by atoms with van der Waals surface area (Å²) in [6, 6.07) is 4.53. The molecule has 2 aromatic rings. The standard InChI is InChI=1S/C13H12ClFN2OS/c1-7-12(8(2)18)13(19-17-7)16-6-9-3-4-11(15)10(14)5-9/h3-5,16H,6H2,1-2H3. The number of aryl methyl sites for hydroxylation is 1. The van der Waals surface area contributed by atoms with E-state index in [1.54, 1.807) is 19.1 Å². The molecular weight excluding hydrogens is 287 g/mol. The quantitative estimate of drug-likeness (QED) is 0.866. The summed E-state index contributed by atoms with van der Waals surface area (Å²) in [5.74, 6) is -0.464. The van der Waals surface area contributed by atoms with Gasteiger partial charge in [0.15, 0.2) is 5.78 Å². The first-order valence-electron chi connectivity index (χ1n) is 5.64. The molecule has 0 fully saturated rings. The van der Waals surface area contributed by atoms with Gasteiger partial charge in [0, 0.05) is 6.54 Å². The first kappa shape index (κ1) is 14.0. The van der Waals surface area contributed by atoms with Crippen molar-refractivity contribution in [2.24, 2.45) is 0 Å². The number of carbonyl (C=O) groups is 1. The lowest BCUT2D eigenvalue weighted by Gasteiger charge is -2.06. The van der Waals surface area contributed by atoms with E-state index in [1.165, 1.54) is 24.5 Å². The fourth-order valence-electron chi connectivity index (χ4n) is 1.74. The fraction of sp³-hybridized carbons (Fsp3) is 0.231. The maximum absolute atomic E-state index is 13.0. The van der Waals surface area contributed by atoms with Gasteiger partial charge in [-0.25, -0.2) is 4.39 Å². The van der Waals surface area contributed by atoms with E-state index in [-0.39, 0.29) is 10.8 Å². The van der Waals surface area contributed by atoms with Crippen molar-refractivity contribution in [3.05, 3.63) is 45.9 Å². The highest BCUT2D eigenvalue weighted by Crippen LogP contribution is 2.26. The smallest absolute Gasteiger partial charge is 0.164 e. The first-order valence-corrected chi connectivity index (χ1v) is 6.79. The number of benzene rings is 1. The van der Waals surface area contributed by atoms with Crippen LogP contribution >= 0.6 is 23.1 Å². The van der Waals surface area contributed by atoms with Crippen molar-refractivity contribution in [1.29, 1.82) is 0 Å². The minimum absolute atomic E-state index is 0.0223. The molecule has 0 spiro atoms. The van der Waals surface area contributed by atoms with Crippen molar-refractivity contribution in [1.82, 2.24) is 4.37 Å². The van der Waals surface area contributed by atoms with Gasteiger partial charge in [-0.2, -0.15) is 4.37 Å². The zero-order valence-electron chi connectivity index (χ0n) is 10.5. The molecule has 2 rings (SSSR count). The molecule has 0 saturated heterocycles. The Kier molecular flexibility index (Phi) is 4.17.